The Morgan fingerprint density at radius 1 is 0.962 bits per heavy atom. The Morgan fingerprint density at radius 2 is 1.69 bits per heavy atom. The summed E-state index contributed by atoms with van der Waals surface area (Å²) in [4.78, 5) is 23.9. The second kappa shape index (κ2) is 6.64. The number of primary amides is 1. The highest BCUT2D eigenvalue weighted by Crippen LogP contribution is 2.50. The van der Waals surface area contributed by atoms with Crippen molar-refractivity contribution in [2.75, 3.05) is 5.32 Å². The molecule has 26 heavy (non-hydrogen) atoms. The van der Waals surface area contributed by atoms with Crippen LogP contribution in [0.1, 0.15) is 23.5 Å². The number of nitrogens with two attached hydrogens (primary N) is 1. The minimum Gasteiger partial charge on any atom is -0.369 e. The molecule has 0 bridgehead atoms. The van der Waals surface area contributed by atoms with Crippen molar-refractivity contribution in [1.82, 2.24) is 0 Å². The quantitative estimate of drug-likeness (QED) is 0.742. The Balaban J connectivity index is 1.52. The van der Waals surface area contributed by atoms with E-state index >= 15 is 0 Å². The van der Waals surface area contributed by atoms with Gasteiger partial charge in [0.2, 0.25) is 11.8 Å². The summed E-state index contributed by atoms with van der Waals surface area (Å²) in [6.45, 7) is 0. The molecule has 1 fully saturated rings. The van der Waals surface area contributed by atoms with Gasteiger partial charge in [-0.2, -0.15) is 0 Å². The van der Waals surface area contributed by atoms with E-state index in [4.69, 9.17) is 5.73 Å². The molecule has 1 aliphatic carbocycles. The van der Waals surface area contributed by atoms with E-state index in [1.807, 2.05) is 42.5 Å². The predicted octanol–water partition coefficient (Wildman–Crippen LogP) is 3.61. The summed E-state index contributed by atoms with van der Waals surface area (Å²) in [5.41, 5.74) is 7.94. The van der Waals surface area contributed by atoms with E-state index in [9.17, 15) is 9.59 Å². The minimum absolute atomic E-state index is 0.000135. The molecule has 0 aromatic heterocycles. The van der Waals surface area contributed by atoms with Crippen LogP contribution >= 0.6 is 0 Å². The minimum atomic E-state index is -0.410. The number of hydrogen-bond acceptors (Lipinski definition) is 2. The van der Waals surface area contributed by atoms with Crippen LogP contribution in [0.25, 0.3) is 10.8 Å². The van der Waals surface area contributed by atoms with Crippen molar-refractivity contribution in [3.05, 3.63) is 77.9 Å². The van der Waals surface area contributed by atoms with Gasteiger partial charge in [-0.15, -0.1) is 0 Å². The average Bonchev–Trinajstić information content (AvgIpc) is 3.43. The number of fused-ring (bicyclic) bond motifs is 1. The molecule has 1 saturated carbocycles. The first kappa shape index (κ1) is 16.3. The van der Waals surface area contributed by atoms with E-state index in [0.29, 0.717) is 5.69 Å². The molecule has 0 radical (unpaired) electrons. The van der Waals surface area contributed by atoms with Gasteiger partial charge < -0.3 is 11.1 Å². The van der Waals surface area contributed by atoms with Crippen molar-refractivity contribution < 1.29 is 9.59 Å². The molecule has 0 spiro atoms. The summed E-state index contributed by atoms with van der Waals surface area (Å²) >= 11 is 0. The van der Waals surface area contributed by atoms with E-state index in [1.54, 1.807) is 0 Å². The zero-order valence-electron chi connectivity index (χ0n) is 14.3. The van der Waals surface area contributed by atoms with Crippen LogP contribution < -0.4 is 11.1 Å². The van der Waals surface area contributed by atoms with E-state index in [2.05, 4.69) is 29.6 Å². The number of nitrogens with one attached hydrogen (secondary N) is 1. The Bertz CT molecular complexity index is 991. The van der Waals surface area contributed by atoms with Gasteiger partial charge in [0.25, 0.3) is 0 Å². The lowest BCUT2D eigenvalue weighted by molar-refractivity contribution is -0.118. The molecule has 0 aliphatic heterocycles. The summed E-state index contributed by atoms with van der Waals surface area (Å²) < 4.78 is 0. The van der Waals surface area contributed by atoms with Gasteiger partial charge >= 0.3 is 0 Å². The fourth-order valence-electron chi connectivity index (χ4n) is 3.61. The second-order valence-corrected chi connectivity index (χ2v) is 6.81. The maximum absolute atomic E-state index is 12.7. The van der Waals surface area contributed by atoms with Gasteiger partial charge in [-0.1, -0.05) is 60.7 Å². The van der Waals surface area contributed by atoms with Crippen molar-refractivity contribution in [1.29, 1.82) is 0 Å². The lowest BCUT2D eigenvalue weighted by atomic mass is 10.00. The predicted molar refractivity (Wildman–Crippen MR) is 103 cm³/mol. The fraction of sp³-hybridized carbons (Fsp3) is 0.182. The van der Waals surface area contributed by atoms with Crippen molar-refractivity contribution in [3.8, 4) is 0 Å². The number of anilines is 1. The first-order valence-electron chi connectivity index (χ1n) is 8.78. The Kier molecular flexibility index (Phi) is 4.17. The lowest BCUT2D eigenvalue weighted by Crippen LogP contribution is -2.18. The Labute approximate surface area is 152 Å². The SMILES string of the molecule is NC(=O)Cc1ccccc1NC(=O)[C@@H]1C[C@H]1c1cccc2ccccc12. The number of hydrogen-bond donors (Lipinski definition) is 2. The highest BCUT2D eigenvalue weighted by atomic mass is 16.2. The number of para-hydroxylation sites is 1. The molecular weight excluding hydrogens is 324 g/mol. The second-order valence-electron chi connectivity index (χ2n) is 6.81. The van der Waals surface area contributed by atoms with Gasteiger partial charge in [0.15, 0.2) is 0 Å². The summed E-state index contributed by atoms with van der Waals surface area (Å²) in [6, 6.07) is 21.8. The van der Waals surface area contributed by atoms with E-state index in [1.165, 1.54) is 16.3 Å². The summed E-state index contributed by atoms with van der Waals surface area (Å²) in [5, 5.41) is 5.39. The third-order valence-electron chi connectivity index (χ3n) is 4.99. The van der Waals surface area contributed by atoms with Gasteiger partial charge in [0, 0.05) is 11.6 Å². The first-order valence-corrected chi connectivity index (χ1v) is 8.78. The van der Waals surface area contributed by atoms with Crippen LogP contribution in [0.5, 0.6) is 0 Å². The topological polar surface area (TPSA) is 72.2 Å². The van der Waals surface area contributed by atoms with Crippen LogP contribution in [0.3, 0.4) is 0 Å². The molecule has 3 N–H and O–H groups in total. The lowest BCUT2D eigenvalue weighted by Gasteiger charge is -2.10. The summed E-state index contributed by atoms with van der Waals surface area (Å²) in [7, 11) is 0. The van der Waals surface area contributed by atoms with Crippen LogP contribution in [0.4, 0.5) is 5.69 Å². The molecule has 0 unspecified atom stereocenters. The third kappa shape index (κ3) is 3.18. The molecule has 0 saturated heterocycles. The molecule has 4 heteroatoms. The standard InChI is InChI=1S/C22H20N2O2/c23-21(25)12-15-7-2-4-11-20(15)24-22(26)19-13-18(19)17-10-5-8-14-6-1-3-9-16(14)17/h1-11,18-19H,12-13H2,(H2,23,25)(H,24,26)/t18-,19+/m0/s1. The maximum Gasteiger partial charge on any atom is 0.228 e. The smallest absolute Gasteiger partial charge is 0.228 e. The molecule has 4 rings (SSSR count). The van der Waals surface area contributed by atoms with Gasteiger partial charge in [0.1, 0.15) is 0 Å². The number of rotatable bonds is 5. The van der Waals surface area contributed by atoms with Crippen LogP contribution in [0.2, 0.25) is 0 Å². The first-order chi connectivity index (χ1) is 12.6. The van der Waals surface area contributed by atoms with Gasteiger partial charge in [0.05, 0.1) is 6.42 Å². The zero-order valence-corrected chi connectivity index (χ0v) is 14.3. The third-order valence-corrected chi connectivity index (χ3v) is 4.99. The van der Waals surface area contributed by atoms with Crippen molar-refractivity contribution in [2.24, 2.45) is 11.7 Å². The van der Waals surface area contributed by atoms with E-state index in [0.717, 1.165) is 12.0 Å². The molecule has 3 aromatic rings. The summed E-state index contributed by atoms with van der Waals surface area (Å²) in [5.74, 6) is -0.210. The van der Waals surface area contributed by atoms with Crippen LogP contribution in [0, 0.1) is 5.92 Å². The number of benzene rings is 3. The molecule has 0 heterocycles. The molecule has 4 nitrogen and oxygen atoms in total. The zero-order chi connectivity index (χ0) is 18.1. The maximum atomic E-state index is 12.7. The van der Waals surface area contributed by atoms with Crippen LogP contribution in [-0.2, 0) is 16.0 Å². The molecule has 1 aliphatic rings. The number of amides is 2. The highest BCUT2D eigenvalue weighted by Gasteiger charge is 2.44. The number of carbonyl (C=O) groups excluding carboxylic acids is 2. The summed E-state index contributed by atoms with van der Waals surface area (Å²) in [6.07, 6.45) is 0.964. The van der Waals surface area contributed by atoms with Crippen LogP contribution in [-0.4, -0.2) is 11.8 Å². The van der Waals surface area contributed by atoms with Crippen molar-refractivity contribution in [3.63, 3.8) is 0 Å². The Hall–Kier alpha value is -3.14. The van der Waals surface area contributed by atoms with Gasteiger partial charge in [-0.25, -0.2) is 0 Å². The van der Waals surface area contributed by atoms with Gasteiger partial charge in [-0.05, 0) is 40.3 Å². The van der Waals surface area contributed by atoms with Crippen LogP contribution in [0.15, 0.2) is 66.7 Å². The average molecular weight is 344 g/mol. The van der Waals surface area contributed by atoms with E-state index in [-0.39, 0.29) is 24.2 Å². The Morgan fingerprint density at radius 3 is 2.54 bits per heavy atom. The van der Waals surface area contributed by atoms with Crippen molar-refractivity contribution >= 4 is 28.3 Å². The number of carbonyl (C=O) groups is 2. The van der Waals surface area contributed by atoms with E-state index < -0.39 is 5.91 Å². The molecule has 2 atom stereocenters. The normalized spacial score (nSPS) is 18.5. The fourth-order valence-corrected chi connectivity index (χ4v) is 3.61. The highest BCUT2D eigenvalue weighted by molar-refractivity contribution is 5.97. The largest absolute Gasteiger partial charge is 0.369 e. The van der Waals surface area contributed by atoms with Gasteiger partial charge in [-0.3, -0.25) is 9.59 Å². The molecule has 130 valence electrons. The molecule has 2 amide bonds. The molecular formula is C22H20N2O2. The van der Waals surface area contributed by atoms with Crippen molar-refractivity contribution in [2.45, 2.75) is 18.8 Å². The monoisotopic (exact) mass is 344 g/mol. The molecule has 3 aromatic carbocycles.